The molecule has 3 rings (SSSR count). The van der Waals surface area contributed by atoms with Gasteiger partial charge in [0.25, 0.3) is 0 Å². The third-order valence-corrected chi connectivity index (χ3v) is 4.87. The van der Waals surface area contributed by atoms with Crippen LogP contribution in [0.4, 0.5) is 11.4 Å². The molecule has 1 saturated heterocycles. The quantitative estimate of drug-likeness (QED) is 0.817. The largest absolute Gasteiger partial charge is 0.378 e. The molecule has 1 heterocycles. The molecule has 1 N–H and O–H groups in total. The third kappa shape index (κ3) is 5.73. The Morgan fingerprint density at radius 3 is 2.26 bits per heavy atom. The van der Waals surface area contributed by atoms with Gasteiger partial charge in [-0.25, -0.2) is 0 Å². The van der Waals surface area contributed by atoms with Gasteiger partial charge in [0.05, 0.1) is 19.6 Å². The van der Waals surface area contributed by atoms with Crippen molar-refractivity contribution in [2.45, 2.75) is 12.8 Å². The fraction of sp³-hybridized carbons (Fsp3) is 0.409. The number of anilines is 2. The number of ether oxygens (including phenoxy) is 1. The van der Waals surface area contributed by atoms with E-state index in [1.54, 1.807) is 0 Å². The van der Waals surface area contributed by atoms with E-state index >= 15 is 0 Å². The first-order valence-corrected chi connectivity index (χ1v) is 9.56. The molecular weight excluding hydrogens is 338 g/mol. The highest BCUT2D eigenvalue weighted by molar-refractivity contribution is 5.78. The zero-order chi connectivity index (χ0) is 19.1. The molecule has 2 aromatic carbocycles. The molecule has 0 bridgehead atoms. The van der Waals surface area contributed by atoms with Crippen molar-refractivity contribution in [3.63, 3.8) is 0 Å². The van der Waals surface area contributed by atoms with Crippen molar-refractivity contribution in [1.82, 2.24) is 5.32 Å². The van der Waals surface area contributed by atoms with Crippen molar-refractivity contribution in [3.8, 4) is 0 Å². The van der Waals surface area contributed by atoms with E-state index in [0.717, 1.165) is 38.3 Å². The maximum atomic E-state index is 12.2. The van der Waals surface area contributed by atoms with E-state index in [4.69, 9.17) is 4.74 Å². The van der Waals surface area contributed by atoms with Gasteiger partial charge in [-0.1, -0.05) is 24.3 Å². The number of morpholine rings is 1. The van der Waals surface area contributed by atoms with Crippen LogP contribution in [-0.4, -0.2) is 52.9 Å². The molecule has 1 aliphatic rings. The second-order valence-corrected chi connectivity index (χ2v) is 7.10. The number of hydrogen-bond donors (Lipinski definition) is 1. The van der Waals surface area contributed by atoms with Gasteiger partial charge in [0.2, 0.25) is 5.91 Å². The summed E-state index contributed by atoms with van der Waals surface area (Å²) in [4.78, 5) is 16.6. The van der Waals surface area contributed by atoms with Gasteiger partial charge in [0.1, 0.15) is 0 Å². The number of amides is 1. The van der Waals surface area contributed by atoms with Crippen molar-refractivity contribution < 1.29 is 9.53 Å². The number of hydrogen-bond acceptors (Lipinski definition) is 4. The van der Waals surface area contributed by atoms with E-state index in [2.05, 4.69) is 51.5 Å². The van der Waals surface area contributed by atoms with Gasteiger partial charge >= 0.3 is 0 Å². The lowest BCUT2D eigenvalue weighted by molar-refractivity contribution is -0.120. The molecule has 0 atom stereocenters. The number of nitrogens with one attached hydrogen (secondary N) is 1. The van der Waals surface area contributed by atoms with Crippen LogP contribution >= 0.6 is 0 Å². The number of benzene rings is 2. The van der Waals surface area contributed by atoms with E-state index < -0.39 is 0 Å². The van der Waals surface area contributed by atoms with Gasteiger partial charge < -0.3 is 19.9 Å². The van der Waals surface area contributed by atoms with Crippen LogP contribution in [0.1, 0.15) is 11.1 Å². The topological polar surface area (TPSA) is 44.8 Å². The lowest BCUT2D eigenvalue weighted by atomic mass is 10.1. The van der Waals surface area contributed by atoms with Gasteiger partial charge in [0, 0.05) is 45.1 Å². The molecule has 0 saturated carbocycles. The Bertz CT molecular complexity index is 720. The maximum Gasteiger partial charge on any atom is 0.224 e. The van der Waals surface area contributed by atoms with Crippen molar-refractivity contribution in [3.05, 3.63) is 59.7 Å². The van der Waals surface area contributed by atoms with Gasteiger partial charge in [-0.3, -0.25) is 4.79 Å². The summed E-state index contributed by atoms with van der Waals surface area (Å²) in [7, 11) is 4.06. The standard InChI is InChI=1S/C22H29N3O2/c1-24(2)20-7-3-18(4-8-20)11-12-23-22(26)17-19-5-9-21(10-6-19)25-13-15-27-16-14-25/h3-10H,11-17H2,1-2H3,(H,23,26). The van der Waals surface area contributed by atoms with Crippen LogP contribution in [0.25, 0.3) is 0 Å². The predicted octanol–water partition coefficient (Wildman–Crippen LogP) is 2.49. The smallest absolute Gasteiger partial charge is 0.224 e. The number of carbonyl (C=O) groups excluding carboxylic acids is 1. The van der Waals surface area contributed by atoms with Gasteiger partial charge in [-0.2, -0.15) is 0 Å². The minimum Gasteiger partial charge on any atom is -0.378 e. The second kappa shape index (κ2) is 9.42. The Kier molecular flexibility index (Phi) is 6.71. The summed E-state index contributed by atoms with van der Waals surface area (Å²) in [6, 6.07) is 16.7. The van der Waals surface area contributed by atoms with Crippen LogP contribution in [0.3, 0.4) is 0 Å². The highest BCUT2D eigenvalue weighted by Crippen LogP contribution is 2.17. The second-order valence-electron chi connectivity index (χ2n) is 7.10. The van der Waals surface area contributed by atoms with Crippen molar-refractivity contribution in [2.24, 2.45) is 0 Å². The summed E-state index contributed by atoms with van der Waals surface area (Å²) in [5.41, 5.74) is 4.66. The van der Waals surface area contributed by atoms with Crippen LogP contribution in [-0.2, 0) is 22.4 Å². The molecule has 0 aliphatic carbocycles. The first-order valence-electron chi connectivity index (χ1n) is 9.56. The lowest BCUT2D eigenvalue weighted by Gasteiger charge is -2.28. The Morgan fingerprint density at radius 2 is 1.63 bits per heavy atom. The van der Waals surface area contributed by atoms with Crippen LogP contribution in [0, 0.1) is 0 Å². The first-order chi connectivity index (χ1) is 13.1. The van der Waals surface area contributed by atoms with E-state index in [0.29, 0.717) is 13.0 Å². The lowest BCUT2D eigenvalue weighted by Crippen LogP contribution is -2.36. The molecule has 0 aromatic heterocycles. The molecule has 1 amide bonds. The molecule has 5 nitrogen and oxygen atoms in total. The summed E-state index contributed by atoms with van der Waals surface area (Å²) in [6.07, 6.45) is 1.26. The van der Waals surface area contributed by atoms with Crippen molar-refractivity contribution in [2.75, 3.05) is 56.7 Å². The summed E-state index contributed by atoms with van der Waals surface area (Å²) < 4.78 is 5.39. The van der Waals surface area contributed by atoms with Crippen molar-refractivity contribution in [1.29, 1.82) is 0 Å². The highest BCUT2D eigenvalue weighted by Gasteiger charge is 2.11. The van der Waals surface area contributed by atoms with E-state index in [1.165, 1.54) is 16.9 Å². The fourth-order valence-electron chi connectivity index (χ4n) is 3.20. The Morgan fingerprint density at radius 1 is 1.00 bits per heavy atom. The third-order valence-electron chi connectivity index (χ3n) is 4.87. The molecule has 27 heavy (non-hydrogen) atoms. The summed E-state index contributed by atoms with van der Waals surface area (Å²) in [6.45, 7) is 4.07. The van der Waals surface area contributed by atoms with Gasteiger partial charge in [0.15, 0.2) is 0 Å². The summed E-state index contributed by atoms with van der Waals surface area (Å²) in [5.74, 6) is 0.0686. The number of carbonyl (C=O) groups is 1. The van der Waals surface area contributed by atoms with E-state index in [9.17, 15) is 4.79 Å². The van der Waals surface area contributed by atoms with Gasteiger partial charge in [-0.05, 0) is 41.8 Å². The molecule has 1 fully saturated rings. The molecule has 144 valence electrons. The maximum absolute atomic E-state index is 12.2. The Hall–Kier alpha value is -2.53. The average molecular weight is 367 g/mol. The Balaban J connectivity index is 1.42. The van der Waals surface area contributed by atoms with E-state index in [1.807, 2.05) is 26.2 Å². The Labute approximate surface area is 161 Å². The monoisotopic (exact) mass is 367 g/mol. The predicted molar refractivity (Wildman–Crippen MR) is 111 cm³/mol. The molecule has 5 heteroatoms. The molecule has 0 spiro atoms. The molecule has 1 aliphatic heterocycles. The average Bonchev–Trinajstić information content (AvgIpc) is 2.69. The minimum absolute atomic E-state index is 0.0686. The zero-order valence-corrected chi connectivity index (χ0v) is 16.3. The molecular formula is C22H29N3O2. The summed E-state index contributed by atoms with van der Waals surface area (Å²) >= 11 is 0. The van der Waals surface area contributed by atoms with Gasteiger partial charge in [-0.15, -0.1) is 0 Å². The normalized spacial score (nSPS) is 14.1. The van der Waals surface area contributed by atoms with Crippen LogP contribution in [0.15, 0.2) is 48.5 Å². The van der Waals surface area contributed by atoms with Crippen LogP contribution in [0.5, 0.6) is 0 Å². The number of rotatable bonds is 7. The highest BCUT2D eigenvalue weighted by atomic mass is 16.5. The molecule has 0 unspecified atom stereocenters. The fourth-order valence-corrected chi connectivity index (χ4v) is 3.20. The molecule has 2 aromatic rings. The zero-order valence-electron chi connectivity index (χ0n) is 16.3. The number of nitrogens with zero attached hydrogens (tertiary/aromatic N) is 2. The van der Waals surface area contributed by atoms with Crippen LogP contribution < -0.4 is 15.1 Å². The SMILES string of the molecule is CN(C)c1ccc(CCNC(=O)Cc2ccc(N3CCOCC3)cc2)cc1. The molecule has 0 radical (unpaired) electrons. The van der Waals surface area contributed by atoms with Crippen molar-refractivity contribution >= 4 is 17.3 Å². The summed E-state index contributed by atoms with van der Waals surface area (Å²) in [5, 5.41) is 3.02. The minimum atomic E-state index is 0.0686. The van der Waals surface area contributed by atoms with Crippen LogP contribution in [0.2, 0.25) is 0 Å². The van der Waals surface area contributed by atoms with E-state index in [-0.39, 0.29) is 5.91 Å². The first kappa shape index (κ1) is 19.2.